The monoisotopic (exact) mass is 235 g/mol. The molecule has 1 aromatic rings. The van der Waals surface area contributed by atoms with Gasteiger partial charge in [-0.05, 0) is 36.8 Å². The molecule has 0 aliphatic carbocycles. The van der Waals surface area contributed by atoms with Gasteiger partial charge >= 0.3 is 0 Å². The average Bonchev–Trinajstić information content (AvgIpc) is 2.31. The fourth-order valence-corrected chi connectivity index (χ4v) is 1.96. The molecule has 0 saturated carbocycles. The van der Waals surface area contributed by atoms with Crippen molar-refractivity contribution in [1.29, 1.82) is 0 Å². The van der Waals surface area contributed by atoms with Crippen LogP contribution >= 0.6 is 0 Å². The molecule has 0 aliphatic heterocycles. The Morgan fingerprint density at radius 3 is 2.12 bits per heavy atom. The van der Waals surface area contributed by atoms with E-state index in [4.69, 9.17) is 0 Å². The summed E-state index contributed by atoms with van der Waals surface area (Å²) in [5.74, 6) is -0.996. The predicted molar refractivity (Wildman–Crippen MR) is 64.3 cm³/mol. The predicted octanol–water partition coefficient (Wildman–Crippen LogP) is 1.55. The Hall–Kier alpha value is -1.35. The Balaban J connectivity index is 2.99. The van der Waals surface area contributed by atoms with Crippen molar-refractivity contribution in [3.05, 3.63) is 35.4 Å². The van der Waals surface area contributed by atoms with Gasteiger partial charge in [-0.15, -0.1) is 0 Å². The molecule has 1 N–H and O–H groups in total. The lowest BCUT2D eigenvalue weighted by atomic mass is 9.90. The number of aliphatic hydroxyl groups is 1. The van der Waals surface area contributed by atoms with Gasteiger partial charge < -0.3 is 15.0 Å². The number of carbonyl (C=O) groups is 1. The van der Waals surface area contributed by atoms with Crippen molar-refractivity contribution in [1.82, 2.24) is 0 Å². The van der Waals surface area contributed by atoms with Gasteiger partial charge in [0, 0.05) is 0 Å². The van der Waals surface area contributed by atoms with Crippen molar-refractivity contribution < 1.29 is 15.0 Å². The van der Waals surface area contributed by atoms with E-state index in [0.29, 0.717) is 11.5 Å². The number of rotatable bonds is 5. The van der Waals surface area contributed by atoms with Gasteiger partial charge in [-0.2, -0.15) is 0 Å². The Kier molecular flexibility index (Phi) is 4.29. The largest absolute Gasteiger partial charge is 0.547 e. The Morgan fingerprint density at radius 2 is 1.76 bits per heavy atom. The van der Waals surface area contributed by atoms with Crippen LogP contribution in [-0.4, -0.2) is 11.1 Å². The van der Waals surface area contributed by atoms with Crippen LogP contribution in [0.5, 0.6) is 0 Å². The summed E-state index contributed by atoms with van der Waals surface area (Å²) >= 11 is 0. The van der Waals surface area contributed by atoms with E-state index < -0.39 is 11.6 Å². The van der Waals surface area contributed by atoms with Crippen molar-refractivity contribution in [2.75, 3.05) is 0 Å². The summed E-state index contributed by atoms with van der Waals surface area (Å²) in [5, 5.41) is 20.5. The Labute approximate surface area is 102 Å². The van der Waals surface area contributed by atoms with E-state index in [1.165, 1.54) is 12.5 Å². The van der Waals surface area contributed by atoms with E-state index in [2.05, 4.69) is 13.8 Å². The fraction of sp³-hybridized carbons (Fsp3) is 0.500. The number of carboxylic acids is 1. The number of aliphatic carboxylic acids is 1. The van der Waals surface area contributed by atoms with Gasteiger partial charge in [-0.1, -0.05) is 38.1 Å². The van der Waals surface area contributed by atoms with E-state index in [9.17, 15) is 15.0 Å². The minimum atomic E-state index is -1.92. The number of benzene rings is 1. The van der Waals surface area contributed by atoms with E-state index >= 15 is 0 Å². The first kappa shape index (κ1) is 13.7. The molecule has 0 radical (unpaired) electrons. The van der Waals surface area contributed by atoms with Crippen LogP contribution in [0, 0.1) is 0 Å². The second kappa shape index (κ2) is 5.32. The first-order chi connectivity index (χ1) is 7.93. The molecular weight excluding hydrogens is 216 g/mol. The zero-order valence-corrected chi connectivity index (χ0v) is 10.6. The minimum Gasteiger partial charge on any atom is -0.547 e. The summed E-state index contributed by atoms with van der Waals surface area (Å²) in [6, 6.07) is 7.07. The highest BCUT2D eigenvalue weighted by Gasteiger charge is 2.24. The third-order valence-corrected chi connectivity index (χ3v) is 3.33. The maximum absolute atomic E-state index is 10.8. The summed E-state index contributed by atoms with van der Waals surface area (Å²) in [6.45, 7) is 5.48. The molecule has 1 atom stereocenters. The topological polar surface area (TPSA) is 60.4 Å². The number of carboxylic acid groups (broad SMARTS) is 1. The third-order valence-electron chi connectivity index (χ3n) is 3.33. The van der Waals surface area contributed by atoms with Crippen molar-refractivity contribution in [2.45, 2.75) is 45.1 Å². The quantitative estimate of drug-likeness (QED) is 0.842. The second-order valence-corrected chi connectivity index (χ2v) is 4.50. The van der Waals surface area contributed by atoms with E-state index in [1.54, 1.807) is 12.1 Å². The molecule has 0 aliphatic rings. The molecule has 1 rings (SSSR count). The van der Waals surface area contributed by atoms with Crippen LogP contribution in [0.25, 0.3) is 0 Å². The highest BCUT2D eigenvalue weighted by molar-refractivity contribution is 5.76. The molecule has 17 heavy (non-hydrogen) atoms. The van der Waals surface area contributed by atoms with Crippen LogP contribution < -0.4 is 5.11 Å². The Morgan fingerprint density at radius 1 is 1.29 bits per heavy atom. The molecule has 0 bridgehead atoms. The number of hydrogen-bond acceptors (Lipinski definition) is 3. The average molecular weight is 235 g/mol. The minimum absolute atomic E-state index is 0.354. The summed E-state index contributed by atoms with van der Waals surface area (Å²) in [5.41, 5.74) is -0.396. The molecule has 0 spiro atoms. The standard InChI is InChI=1S/C14H20O3/c1-4-10(5-2)11-6-8-12(9-7-11)14(3,17)13(15)16/h6-10,17H,4-5H2,1-3H3,(H,15,16)/p-1. The first-order valence-electron chi connectivity index (χ1n) is 5.97. The lowest BCUT2D eigenvalue weighted by molar-refractivity contribution is -0.324. The Bertz CT molecular complexity index is 375. The van der Waals surface area contributed by atoms with Crippen molar-refractivity contribution in [3.8, 4) is 0 Å². The van der Waals surface area contributed by atoms with Crippen LogP contribution in [0.3, 0.4) is 0 Å². The molecule has 3 nitrogen and oxygen atoms in total. The molecule has 0 saturated heterocycles. The normalized spacial score (nSPS) is 14.6. The molecule has 0 fully saturated rings. The summed E-state index contributed by atoms with van der Waals surface area (Å²) in [6.07, 6.45) is 2.10. The fourth-order valence-electron chi connectivity index (χ4n) is 1.96. The van der Waals surface area contributed by atoms with Gasteiger partial charge in [0.1, 0.15) is 5.60 Å². The SMILES string of the molecule is CCC(CC)c1ccc(C(C)(O)C(=O)[O-])cc1. The van der Waals surface area contributed by atoms with Crippen LogP contribution in [-0.2, 0) is 10.4 Å². The molecule has 1 unspecified atom stereocenters. The highest BCUT2D eigenvalue weighted by Crippen LogP contribution is 2.26. The van der Waals surface area contributed by atoms with Crippen molar-refractivity contribution >= 4 is 5.97 Å². The molecule has 1 aromatic carbocycles. The van der Waals surface area contributed by atoms with Gasteiger partial charge in [-0.3, -0.25) is 0 Å². The maximum Gasteiger partial charge on any atom is 0.126 e. The van der Waals surface area contributed by atoms with Crippen molar-refractivity contribution in [2.24, 2.45) is 0 Å². The van der Waals surface area contributed by atoms with Crippen LogP contribution in [0.1, 0.15) is 50.7 Å². The zero-order chi connectivity index (χ0) is 13.1. The lowest BCUT2D eigenvalue weighted by Crippen LogP contribution is -2.43. The molecule has 0 amide bonds. The molecular formula is C14H19O3-. The van der Waals surface area contributed by atoms with E-state index in [1.807, 2.05) is 12.1 Å². The number of hydrogen-bond donors (Lipinski definition) is 1. The molecule has 3 heteroatoms. The summed E-state index contributed by atoms with van der Waals surface area (Å²) < 4.78 is 0. The second-order valence-electron chi connectivity index (χ2n) is 4.50. The van der Waals surface area contributed by atoms with Crippen LogP contribution in [0.15, 0.2) is 24.3 Å². The smallest absolute Gasteiger partial charge is 0.126 e. The highest BCUT2D eigenvalue weighted by atomic mass is 16.4. The first-order valence-corrected chi connectivity index (χ1v) is 5.97. The maximum atomic E-state index is 10.8. The summed E-state index contributed by atoms with van der Waals surface area (Å²) in [7, 11) is 0. The van der Waals surface area contributed by atoms with Gasteiger partial charge in [0.05, 0.1) is 5.97 Å². The molecule has 0 heterocycles. The van der Waals surface area contributed by atoms with E-state index in [-0.39, 0.29) is 0 Å². The van der Waals surface area contributed by atoms with Crippen LogP contribution in [0.4, 0.5) is 0 Å². The van der Waals surface area contributed by atoms with Gasteiger partial charge in [-0.25, -0.2) is 0 Å². The summed E-state index contributed by atoms with van der Waals surface area (Å²) in [4.78, 5) is 10.8. The molecule has 0 aromatic heterocycles. The van der Waals surface area contributed by atoms with Gasteiger partial charge in [0.15, 0.2) is 0 Å². The number of carbonyl (C=O) groups excluding carboxylic acids is 1. The van der Waals surface area contributed by atoms with Crippen LogP contribution in [0.2, 0.25) is 0 Å². The zero-order valence-electron chi connectivity index (χ0n) is 10.6. The van der Waals surface area contributed by atoms with Gasteiger partial charge in [0.2, 0.25) is 0 Å². The third kappa shape index (κ3) is 2.86. The van der Waals surface area contributed by atoms with Crippen molar-refractivity contribution in [3.63, 3.8) is 0 Å². The molecule has 94 valence electrons. The van der Waals surface area contributed by atoms with E-state index in [0.717, 1.165) is 12.8 Å². The van der Waals surface area contributed by atoms with Gasteiger partial charge in [0.25, 0.3) is 0 Å². The lowest BCUT2D eigenvalue weighted by Gasteiger charge is -2.25.